The van der Waals surface area contributed by atoms with Gasteiger partial charge >= 0.3 is 0 Å². The van der Waals surface area contributed by atoms with Crippen LogP contribution in [0.4, 0.5) is 5.69 Å². The minimum absolute atomic E-state index is 0.0625. The highest BCUT2D eigenvalue weighted by Crippen LogP contribution is 2.29. The Bertz CT molecular complexity index is 448. The maximum atomic E-state index is 9.19. The largest absolute Gasteiger partial charge is 0.495 e. The standard InChI is InChI=1S/C10H9ClN2O/c11-7-3-1-6(2-4-7)10-8(12)5-9(14)13-10/h1-5,13-14H,12H2. The van der Waals surface area contributed by atoms with E-state index in [0.717, 1.165) is 5.56 Å². The van der Waals surface area contributed by atoms with E-state index >= 15 is 0 Å². The van der Waals surface area contributed by atoms with Crippen molar-refractivity contribution in [2.24, 2.45) is 0 Å². The van der Waals surface area contributed by atoms with Crippen molar-refractivity contribution in [3.8, 4) is 17.1 Å². The Morgan fingerprint density at radius 3 is 2.36 bits per heavy atom. The molecule has 0 aliphatic rings. The molecule has 1 aromatic carbocycles. The van der Waals surface area contributed by atoms with Gasteiger partial charge in [-0.25, -0.2) is 0 Å². The highest BCUT2D eigenvalue weighted by atomic mass is 35.5. The number of nitrogen functional groups attached to an aromatic ring is 1. The van der Waals surface area contributed by atoms with Gasteiger partial charge in [0.15, 0.2) is 5.88 Å². The zero-order valence-corrected chi connectivity index (χ0v) is 8.05. The van der Waals surface area contributed by atoms with Gasteiger partial charge in [0.25, 0.3) is 0 Å². The molecule has 0 radical (unpaired) electrons. The number of hydrogen-bond acceptors (Lipinski definition) is 2. The molecule has 0 unspecified atom stereocenters. The summed E-state index contributed by atoms with van der Waals surface area (Å²) in [4.78, 5) is 2.77. The molecule has 0 amide bonds. The van der Waals surface area contributed by atoms with E-state index < -0.39 is 0 Å². The van der Waals surface area contributed by atoms with Crippen molar-refractivity contribution in [3.05, 3.63) is 35.4 Å². The van der Waals surface area contributed by atoms with Crippen LogP contribution in [0.25, 0.3) is 11.3 Å². The van der Waals surface area contributed by atoms with E-state index in [2.05, 4.69) is 4.98 Å². The zero-order chi connectivity index (χ0) is 10.1. The average Bonchev–Trinajstić information content (AvgIpc) is 2.47. The lowest BCUT2D eigenvalue weighted by molar-refractivity contribution is 0.457. The summed E-state index contributed by atoms with van der Waals surface area (Å²) in [7, 11) is 0. The van der Waals surface area contributed by atoms with Gasteiger partial charge in [0, 0.05) is 16.7 Å². The van der Waals surface area contributed by atoms with Crippen LogP contribution < -0.4 is 5.73 Å². The number of nitrogens with one attached hydrogen (secondary N) is 1. The second-order valence-electron chi connectivity index (χ2n) is 2.99. The Morgan fingerprint density at radius 1 is 1.21 bits per heavy atom. The number of anilines is 1. The van der Waals surface area contributed by atoms with Crippen molar-refractivity contribution < 1.29 is 5.11 Å². The minimum Gasteiger partial charge on any atom is -0.495 e. The van der Waals surface area contributed by atoms with Gasteiger partial charge in [0.1, 0.15) is 0 Å². The fraction of sp³-hybridized carbons (Fsp3) is 0. The maximum Gasteiger partial charge on any atom is 0.190 e. The van der Waals surface area contributed by atoms with Crippen LogP contribution in [0.1, 0.15) is 0 Å². The van der Waals surface area contributed by atoms with E-state index in [1.165, 1.54) is 6.07 Å². The summed E-state index contributed by atoms with van der Waals surface area (Å²) in [6, 6.07) is 8.69. The van der Waals surface area contributed by atoms with Gasteiger partial charge in [0.2, 0.25) is 0 Å². The topological polar surface area (TPSA) is 62.0 Å². The van der Waals surface area contributed by atoms with Gasteiger partial charge in [-0.1, -0.05) is 23.7 Å². The minimum atomic E-state index is 0.0625. The molecule has 3 nitrogen and oxygen atoms in total. The van der Waals surface area contributed by atoms with Gasteiger partial charge in [-0.2, -0.15) is 0 Å². The number of rotatable bonds is 1. The number of H-pyrrole nitrogens is 1. The van der Waals surface area contributed by atoms with Crippen molar-refractivity contribution in [2.75, 3.05) is 5.73 Å². The van der Waals surface area contributed by atoms with E-state index in [1.807, 2.05) is 12.1 Å². The molecule has 0 aliphatic heterocycles. The van der Waals surface area contributed by atoms with Gasteiger partial charge in [0.05, 0.1) is 11.4 Å². The van der Waals surface area contributed by atoms with Crippen LogP contribution in [-0.2, 0) is 0 Å². The second kappa shape index (κ2) is 3.27. The quantitative estimate of drug-likeness (QED) is 0.675. The Morgan fingerprint density at radius 2 is 1.86 bits per heavy atom. The lowest BCUT2D eigenvalue weighted by Crippen LogP contribution is -1.85. The highest BCUT2D eigenvalue weighted by Gasteiger charge is 2.06. The third-order valence-corrected chi connectivity index (χ3v) is 2.22. The Hall–Kier alpha value is -1.61. The number of aromatic nitrogens is 1. The second-order valence-corrected chi connectivity index (χ2v) is 3.43. The number of aromatic hydroxyl groups is 1. The summed E-state index contributed by atoms with van der Waals surface area (Å²) in [6.45, 7) is 0. The lowest BCUT2D eigenvalue weighted by atomic mass is 10.1. The zero-order valence-electron chi connectivity index (χ0n) is 7.29. The van der Waals surface area contributed by atoms with Crippen molar-refractivity contribution in [3.63, 3.8) is 0 Å². The average molecular weight is 209 g/mol. The molecule has 4 heteroatoms. The Balaban J connectivity index is 2.49. The molecule has 0 saturated heterocycles. The molecular formula is C10H9ClN2O. The van der Waals surface area contributed by atoms with Gasteiger partial charge < -0.3 is 15.8 Å². The molecular weight excluding hydrogens is 200 g/mol. The summed E-state index contributed by atoms with van der Waals surface area (Å²) >= 11 is 5.75. The van der Waals surface area contributed by atoms with Crippen LogP contribution >= 0.6 is 11.6 Å². The fourth-order valence-corrected chi connectivity index (χ4v) is 1.44. The number of hydrogen-bond donors (Lipinski definition) is 3. The number of benzene rings is 1. The molecule has 0 fully saturated rings. The SMILES string of the molecule is Nc1cc(O)[nH]c1-c1ccc(Cl)cc1. The van der Waals surface area contributed by atoms with Gasteiger partial charge in [-0.15, -0.1) is 0 Å². The molecule has 0 spiro atoms. The first-order valence-corrected chi connectivity index (χ1v) is 4.48. The highest BCUT2D eigenvalue weighted by molar-refractivity contribution is 6.30. The number of aromatic amines is 1. The van der Waals surface area contributed by atoms with E-state index in [-0.39, 0.29) is 5.88 Å². The monoisotopic (exact) mass is 208 g/mol. The van der Waals surface area contributed by atoms with Crippen LogP contribution in [0.3, 0.4) is 0 Å². The van der Waals surface area contributed by atoms with Crippen molar-refractivity contribution >= 4 is 17.3 Å². The van der Waals surface area contributed by atoms with Gasteiger partial charge in [-0.3, -0.25) is 0 Å². The van der Waals surface area contributed by atoms with Gasteiger partial charge in [-0.05, 0) is 12.1 Å². The normalized spacial score (nSPS) is 10.4. The summed E-state index contributed by atoms with van der Waals surface area (Å²) < 4.78 is 0. The first kappa shape index (κ1) is 8.97. The fourth-order valence-electron chi connectivity index (χ4n) is 1.31. The molecule has 2 rings (SSSR count). The maximum absolute atomic E-state index is 9.19. The predicted molar refractivity (Wildman–Crippen MR) is 57.3 cm³/mol. The van der Waals surface area contributed by atoms with Crippen LogP contribution in [0.15, 0.2) is 30.3 Å². The van der Waals surface area contributed by atoms with Crippen LogP contribution in [0.5, 0.6) is 5.88 Å². The van der Waals surface area contributed by atoms with E-state index in [9.17, 15) is 5.11 Å². The van der Waals surface area contributed by atoms with Crippen molar-refractivity contribution in [2.45, 2.75) is 0 Å². The van der Waals surface area contributed by atoms with Crippen molar-refractivity contribution in [1.82, 2.24) is 4.98 Å². The summed E-state index contributed by atoms with van der Waals surface area (Å²) in [5.41, 5.74) is 7.81. The molecule has 0 aliphatic carbocycles. The molecule has 4 N–H and O–H groups in total. The van der Waals surface area contributed by atoms with Crippen LogP contribution in [0, 0.1) is 0 Å². The van der Waals surface area contributed by atoms with E-state index in [0.29, 0.717) is 16.4 Å². The Labute approximate surface area is 86.1 Å². The van der Waals surface area contributed by atoms with Crippen LogP contribution in [0.2, 0.25) is 5.02 Å². The third-order valence-electron chi connectivity index (χ3n) is 1.97. The lowest BCUT2D eigenvalue weighted by Gasteiger charge is -1.99. The Kier molecular flexibility index (Phi) is 2.09. The molecule has 1 aromatic heterocycles. The first-order valence-electron chi connectivity index (χ1n) is 4.10. The summed E-state index contributed by atoms with van der Waals surface area (Å²) in [5.74, 6) is 0.0625. The number of halogens is 1. The predicted octanol–water partition coefficient (Wildman–Crippen LogP) is 2.62. The molecule has 1 heterocycles. The smallest absolute Gasteiger partial charge is 0.190 e. The van der Waals surface area contributed by atoms with Crippen LogP contribution in [-0.4, -0.2) is 10.1 Å². The van der Waals surface area contributed by atoms with E-state index in [1.54, 1.807) is 12.1 Å². The summed E-state index contributed by atoms with van der Waals surface area (Å²) in [5, 5.41) is 9.86. The first-order chi connectivity index (χ1) is 6.66. The molecule has 2 aromatic rings. The van der Waals surface area contributed by atoms with E-state index in [4.69, 9.17) is 17.3 Å². The number of nitrogens with two attached hydrogens (primary N) is 1. The summed E-state index contributed by atoms with van der Waals surface area (Å²) in [6.07, 6.45) is 0. The molecule has 72 valence electrons. The molecule has 0 atom stereocenters. The molecule has 0 saturated carbocycles. The third kappa shape index (κ3) is 1.54. The molecule has 14 heavy (non-hydrogen) atoms. The van der Waals surface area contributed by atoms with Crippen molar-refractivity contribution in [1.29, 1.82) is 0 Å². The molecule has 0 bridgehead atoms.